The van der Waals surface area contributed by atoms with E-state index >= 15 is 0 Å². The van der Waals surface area contributed by atoms with Gasteiger partial charge in [0.25, 0.3) is 0 Å². The maximum Gasteiger partial charge on any atom is 0.330 e. The molecule has 0 amide bonds. The number of nitrogens with zero attached hydrogens (tertiary/aromatic N) is 3. The van der Waals surface area contributed by atoms with Crippen LogP contribution in [-0.2, 0) is 0 Å². The fourth-order valence-electron chi connectivity index (χ4n) is 1.51. The first-order valence-corrected chi connectivity index (χ1v) is 7.65. The predicted octanol–water partition coefficient (Wildman–Crippen LogP) is 2.46. The van der Waals surface area contributed by atoms with E-state index in [0.29, 0.717) is 12.4 Å². The second kappa shape index (κ2) is 7.65. The lowest BCUT2D eigenvalue weighted by Crippen LogP contribution is -2.13. The Hall–Kier alpha value is -2.06. The molecule has 1 aromatic carbocycles. The highest BCUT2D eigenvalue weighted by Crippen LogP contribution is 2.30. The molecule has 0 radical (unpaired) electrons. The molecule has 2 rings (SSSR count). The number of para-hydroxylation sites is 1. The Morgan fingerprint density at radius 3 is 2.67 bits per heavy atom. The second-order valence-electron chi connectivity index (χ2n) is 3.97. The Morgan fingerprint density at radius 2 is 1.95 bits per heavy atom. The zero-order valence-corrected chi connectivity index (χ0v) is 12.7. The summed E-state index contributed by atoms with van der Waals surface area (Å²) in [5.41, 5.74) is 2.37. The van der Waals surface area contributed by atoms with Gasteiger partial charge in [0.2, 0.25) is 5.95 Å². The summed E-state index contributed by atoms with van der Waals surface area (Å²) in [7, 11) is 0. The summed E-state index contributed by atoms with van der Waals surface area (Å²) in [6.45, 7) is 2.50. The number of nitrogens with one attached hydrogen (secondary N) is 1. The third kappa shape index (κ3) is 4.20. The second-order valence-corrected chi connectivity index (χ2v) is 4.82. The summed E-state index contributed by atoms with van der Waals surface area (Å²) in [6, 6.07) is 7.93. The van der Waals surface area contributed by atoms with Crippen LogP contribution in [0.15, 0.2) is 29.2 Å². The minimum absolute atomic E-state index is 0.130. The molecule has 0 aliphatic carbocycles. The summed E-state index contributed by atoms with van der Waals surface area (Å²) in [6.07, 6.45) is 2.82. The number of hydrogen-bond acceptors (Lipinski definition) is 8. The molecule has 2 aromatic rings. The first kappa shape index (κ1) is 15.3. The van der Waals surface area contributed by atoms with E-state index < -0.39 is 0 Å². The number of nitrogen functional groups attached to an aromatic ring is 1. The normalized spacial score (nSPS) is 10.2. The van der Waals surface area contributed by atoms with Crippen molar-refractivity contribution in [3.05, 3.63) is 24.3 Å². The number of nitrogens with two attached hydrogens (primary N) is 1. The van der Waals surface area contributed by atoms with Gasteiger partial charge < -0.3 is 9.47 Å². The molecule has 112 valence electrons. The van der Waals surface area contributed by atoms with Crippen LogP contribution in [0.2, 0.25) is 0 Å². The number of hydrazine groups is 1. The largest absolute Gasteiger partial charge is 0.463 e. The van der Waals surface area contributed by atoms with Crippen molar-refractivity contribution >= 4 is 17.7 Å². The molecule has 0 atom stereocenters. The first-order chi connectivity index (χ1) is 10.3. The van der Waals surface area contributed by atoms with E-state index in [0.717, 1.165) is 11.3 Å². The molecule has 0 aliphatic heterocycles. The summed E-state index contributed by atoms with van der Waals surface area (Å²) in [5.74, 6) is 6.20. The Kier molecular flexibility index (Phi) is 5.59. The molecule has 0 saturated carbocycles. The van der Waals surface area contributed by atoms with E-state index in [1.807, 2.05) is 37.4 Å². The van der Waals surface area contributed by atoms with Gasteiger partial charge in [-0.2, -0.15) is 9.97 Å². The Balaban J connectivity index is 2.25. The maximum atomic E-state index is 5.70. The summed E-state index contributed by atoms with van der Waals surface area (Å²) < 4.78 is 11.1. The number of thioether (sulfide) groups is 1. The highest BCUT2D eigenvalue weighted by Gasteiger charge is 2.10. The van der Waals surface area contributed by atoms with Crippen molar-refractivity contribution in [2.75, 3.05) is 18.3 Å². The molecular formula is C13H17N5O2S. The third-order valence-corrected chi connectivity index (χ3v) is 3.21. The lowest BCUT2D eigenvalue weighted by atomic mass is 10.3. The van der Waals surface area contributed by atoms with Crippen LogP contribution in [0.1, 0.15) is 13.3 Å². The van der Waals surface area contributed by atoms with Gasteiger partial charge in [-0.05, 0) is 24.8 Å². The Labute approximate surface area is 127 Å². The molecule has 0 fully saturated rings. The van der Waals surface area contributed by atoms with Crippen molar-refractivity contribution < 1.29 is 9.47 Å². The topological polar surface area (TPSA) is 95.2 Å². The first-order valence-electron chi connectivity index (χ1n) is 6.43. The lowest BCUT2D eigenvalue weighted by Gasteiger charge is -2.10. The van der Waals surface area contributed by atoms with Crippen molar-refractivity contribution in [2.45, 2.75) is 18.2 Å². The average Bonchev–Trinajstić information content (AvgIpc) is 2.53. The molecule has 0 unspecified atom stereocenters. The van der Waals surface area contributed by atoms with Crippen LogP contribution in [0.5, 0.6) is 17.8 Å². The summed E-state index contributed by atoms with van der Waals surface area (Å²) in [5, 5.41) is 0. The fraction of sp³-hybridized carbons (Fsp3) is 0.308. The van der Waals surface area contributed by atoms with E-state index in [9.17, 15) is 0 Å². The molecular weight excluding hydrogens is 290 g/mol. The van der Waals surface area contributed by atoms with Gasteiger partial charge >= 0.3 is 12.0 Å². The Bertz CT molecular complexity index is 597. The fourth-order valence-corrected chi connectivity index (χ4v) is 2.03. The van der Waals surface area contributed by atoms with Crippen molar-refractivity contribution in [1.82, 2.24) is 15.0 Å². The van der Waals surface area contributed by atoms with Crippen LogP contribution >= 0.6 is 11.8 Å². The van der Waals surface area contributed by atoms with Gasteiger partial charge in [0.05, 0.1) is 6.61 Å². The molecule has 0 spiro atoms. The summed E-state index contributed by atoms with van der Waals surface area (Å²) >= 11 is 1.57. The zero-order chi connectivity index (χ0) is 15.1. The van der Waals surface area contributed by atoms with Crippen molar-refractivity contribution in [3.8, 4) is 17.8 Å². The van der Waals surface area contributed by atoms with E-state index in [4.69, 9.17) is 15.3 Å². The van der Waals surface area contributed by atoms with Crippen LogP contribution < -0.4 is 20.7 Å². The van der Waals surface area contributed by atoms with E-state index in [2.05, 4.69) is 20.4 Å². The number of benzene rings is 1. The molecule has 0 bridgehead atoms. The van der Waals surface area contributed by atoms with Crippen molar-refractivity contribution in [3.63, 3.8) is 0 Å². The molecule has 0 aliphatic rings. The minimum Gasteiger partial charge on any atom is -0.463 e. The quantitative estimate of drug-likeness (QED) is 0.457. The molecule has 3 N–H and O–H groups in total. The Morgan fingerprint density at radius 1 is 1.19 bits per heavy atom. The molecule has 0 saturated heterocycles. The van der Waals surface area contributed by atoms with Crippen LogP contribution in [0.3, 0.4) is 0 Å². The third-order valence-electron chi connectivity index (χ3n) is 2.43. The maximum absolute atomic E-state index is 5.70. The zero-order valence-electron chi connectivity index (χ0n) is 11.9. The van der Waals surface area contributed by atoms with Crippen molar-refractivity contribution in [1.29, 1.82) is 0 Å². The number of ether oxygens (including phenoxy) is 2. The lowest BCUT2D eigenvalue weighted by molar-refractivity contribution is 0.285. The predicted molar refractivity (Wildman–Crippen MR) is 81.7 cm³/mol. The molecule has 21 heavy (non-hydrogen) atoms. The molecule has 7 nitrogen and oxygen atoms in total. The van der Waals surface area contributed by atoms with Gasteiger partial charge in [-0.3, -0.25) is 5.43 Å². The SMILES string of the molecule is CCCOc1nc(NN)nc(Oc2ccccc2SC)n1. The number of anilines is 1. The van der Waals surface area contributed by atoms with Crippen LogP contribution in [0, 0.1) is 0 Å². The van der Waals surface area contributed by atoms with Gasteiger partial charge in [0, 0.05) is 4.90 Å². The van der Waals surface area contributed by atoms with Crippen LogP contribution in [0.4, 0.5) is 5.95 Å². The van der Waals surface area contributed by atoms with E-state index in [1.54, 1.807) is 11.8 Å². The van der Waals surface area contributed by atoms with Gasteiger partial charge in [-0.25, -0.2) is 5.84 Å². The van der Waals surface area contributed by atoms with Gasteiger partial charge in [0.1, 0.15) is 5.75 Å². The van der Waals surface area contributed by atoms with E-state index in [1.165, 1.54) is 0 Å². The van der Waals surface area contributed by atoms with Gasteiger partial charge in [-0.1, -0.05) is 19.1 Å². The van der Waals surface area contributed by atoms with Gasteiger partial charge in [-0.15, -0.1) is 16.7 Å². The number of aromatic nitrogens is 3. The minimum atomic E-state index is 0.130. The van der Waals surface area contributed by atoms with Crippen molar-refractivity contribution in [2.24, 2.45) is 5.84 Å². The monoisotopic (exact) mass is 307 g/mol. The standard InChI is InChI=1S/C13H17N5O2S/c1-3-8-19-12-15-11(18-14)16-13(17-12)20-9-6-4-5-7-10(9)21-2/h4-7H,3,8,14H2,1-2H3,(H,15,16,17,18). The molecule has 1 heterocycles. The van der Waals surface area contributed by atoms with Crippen LogP contribution in [-0.4, -0.2) is 27.8 Å². The average molecular weight is 307 g/mol. The van der Waals surface area contributed by atoms with Crippen LogP contribution in [0.25, 0.3) is 0 Å². The highest BCUT2D eigenvalue weighted by atomic mass is 32.2. The molecule has 8 heteroatoms. The number of hydrogen-bond donors (Lipinski definition) is 2. The summed E-state index contributed by atoms with van der Waals surface area (Å²) in [4.78, 5) is 13.2. The van der Waals surface area contributed by atoms with Gasteiger partial charge in [0.15, 0.2) is 0 Å². The number of rotatable bonds is 7. The smallest absolute Gasteiger partial charge is 0.330 e. The highest BCUT2D eigenvalue weighted by molar-refractivity contribution is 7.98. The van der Waals surface area contributed by atoms with E-state index in [-0.39, 0.29) is 18.0 Å². The molecule has 1 aromatic heterocycles.